The minimum atomic E-state index is -0.181. The summed E-state index contributed by atoms with van der Waals surface area (Å²) >= 11 is 0. The van der Waals surface area contributed by atoms with Crippen molar-refractivity contribution in [2.75, 3.05) is 27.4 Å². The van der Waals surface area contributed by atoms with Crippen LogP contribution in [0, 0.1) is 0 Å². The number of methoxy groups -OCH3 is 2. The quantitative estimate of drug-likeness (QED) is 0.410. The van der Waals surface area contributed by atoms with Crippen molar-refractivity contribution in [1.82, 2.24) is 10.3 Å². The molecule has 0 fully saturated rings. The van der Waals surface area contributed by atoms with Crippen LogP contribution in [0.25, 0.3) is 10.9 Å². The molecule has 0 unspecified atom stereocenters. The number of H-pyrrole nitrogens is 1. The first kappa shape index (κ1) is 21.3. The Hall–Kier alpha value is -3.93. The van der Waals surface area contributed by atoms with Gasteiger partial charge in [0.1, 0.15) is 17.2 Å². The van der Waals surface area contributed by atoms with E-state index in [1.807, 2.05) is 48.7 Å². The molecule has 32 heavy (non-hydrogen) atoms. The summed E-state index contributed by atoms with van der Waals surface area (Å²) in [6.45, 7) is 0.383. The number of fused-ring (bicyclic) bond motifs is 1. The second kappa shape index (κ2) is 9.92. The van der Waals surface area contributed by atoms with Gasteiger partial charge in [0.2, 0.25) is 0 Å². The molecule has 1 amide bonds. The zero-order valence-corrected chi connectivity index (χ0v) is 18.1. The fourth-order valence-corrected chi connectivity index (χ4v) is 3.71. The Morgan fingerprint density at radius 3 is 2.19 bits per heavy atom. The fourth-order valence-electron chi connectivity index (χ4n) is 3.71. The van der Waals surface area contributed by atoms with Crippen molar-refractivity contribution in [1.29, 1.82) is 0 Å². The SMILES string of the molecule is COc1ccc(OCC(=O)NC[C@H](c2ccc(OC)cc2)c2c[nH]c3ccccc23)cc1. The number of nitrogens with one attached hydrogen (secondary N) is 2. The number of aromatic nitrogens is 1. The van der Waals surface area contributed by atoms with Crippen LogP contribution in [0.15, 0.2) is 79.0 Å². The Kier molecular flexibility index (Phi) is 6.60. The van der Waals surface area contributed by atoms with E-state index in [0.717, 1.165) is 33.5 Å². The summed E-state index contributed by atoms with van der Waals surface area (Å²) in [4.78, 5) is 15.9. The molecule has 3 aromatic carbocycles. The number of ether oxygens (including phenoxy) is 3. The monoisotopic (exact) mass is 430 g/mol. The molecule has 2 N–H and O–H groups in total. The van der Waals surface area contributed by atoms with Gasteiger partial charge in [-0.05, 0) is 53.6 Å². The van der Waals surface area contributed by atoms with Crippen LogP contribution in [0.4, 0.5) is 0 Å². The standard InChI is InChI=1S/C26H26N2O4/c1-30-19-9-7-18(8-10-19)23(24-16-27-25-6-4-3-5-22(24)25)15-28-26(29)17-32-21-13-11-20(31-2)12-14-21/h3-14,16,23,27H,15,17H2,1-2H3,(H,28,29)/t23-/m1/s1. The molecule has 0 aliphatic rings. The normalized spacial score (nSPS) is 11.7. The van der Waals surface area contributed by atoms with Crippen LogP contribution in [-0.4, -0.2) is 38.3 Å². The molecule has 1 atom stereocenters. The lowest BCUT2D eigenvalue weighted by molar-refractivity contribution is -0.123. The van der Waals surface area contributed by atoms with E-state index in [-0.39, 0.29) is 18.4 Å². The molecule has 0 saturated carbocycles. The van der Waals surface area contributed by atoms with E-state index >= 15 is 0 Å². The summed E-state index contributed by atoms with van der Waals surface area (Å²) in [6.07, 6.45) is 2.01. The lowest BCUT2D eigenvalue weighted by Crippen LogP contribution is -2.32. The highest BCUT2D eigenvalue weighted by molar-refractivity contribution is 5.84. The van der Waals surface area contributed by atoms with Gasteiger partial charge in [-0.2, -0.15) is 0 Å². The molecule has 0 saturated heterocycles. The van der Waals surface area contributed by atoms with Gasteiger partial charge >= 0.3 is 0 Å². The number of aromatic amines is 1. The van der Waals surface area contributed by atoms with E-state index in [1.54, 1.807) is 38.5 Å². The van der Waals surface area contributed by atoms with Crippen LogP contribution in [0.2, 0.25) is 0 Å². The molecular formula is C26H26N2O4. The van der Waals surface area contributed by atoms with Crippen molar-refractivity contribution in [3.05, 3.63) is 90.1 Å². The van der Waals surface area contributed by atoms with Crippen molar-refractivity contribution in [3.63, 3.8) is 0 Å². The van der Waals surface area contributed by atoms with E-state index in [4.69, 9.17) is 14.2 Å². The van der Waals surface area contributed by atoms with Gasteiger partial charge in [0, 0.05) is 29.6 Å². The lowest BCUT2D eigenvalue weighted by Gasteiger charge is -2.19. The first-order chi connectivity index (χ1) is 15.7. The minimum absolute atomic E-state index is 0.0259. The Morgan fingerprint density at radius 2 is 1.50 bits per heavy atom. The van der Waals surface area contributed by atoms with Gasteiger partial charge in [0.25, 0.3) is 5.91 Å². The highest BCUT2D eigenvalue weighted by atomic mass is 16.5. The van der Waals surface area contributed by atoms with Gasteiger partial charge in [-0.25, -0.2) is 0 Å². The Labute approximate surface area is 187 Å². The molecule has 164 valence electrons. The zero-order chi connectivity index (χ0) is 22.3. The smallest absolute Gasteiger partial charge is 0.257 e. The average Bonchev–Trinajstić information content (AvgIpc) is 3.27. The fraction of sp³-hybridized carbons (Fsp3) is 0.192. The van der Waals surface area contributed by atoms with Crippen LogP contribution in [-0.2, 0) is 4.79 Å². The number of hydrogen-bond acceptors (Lipinski definition) is 4. The third-order valence-electron chi connectivity index (χ3n) is 5.45. The molecule has 0 aliphatic carbocycles. The van der Waals surface area contributed by atoms with Gasteiger partial charge in [-0.15, -0.1) is 0 Å². The van der Waals surface area contributed by atoms with Gasteiger partial charge in [-0.1, -0.05) is 30.3 Å². The molecule has 4 rings (SSSR count). The highest BCUT2D eigenvalue weighted by Gasteiger charge is 2.19. The van der Waals surface area contributed by atoms with Crippen molar-refractivity contribution < 1.29 is 19.0 Å². The first-order valence-corrected chi connectivity index (χ1v) is 10.4. The number of hydrogen-bond donors (Lipinski definition) is 2. The van der Waals surface area contributed by atoms with Gasteiger partial charge in [0.05, 0.1) is 14.2 Å². The highest BCUT2D eigenvalue weighted by Crippen LogP contribution is 2.31. The summed E-state index contributed by atoms with van der Waals surface area (Å²) in [7, 11) is 3.26. The van der Waals surface area contributed by atoms with E-state index < -0.39 is 0 Å². The summed E-state index contributed by atoms with van der Waals surface area (Å²) in [5.74, 6) is 1.94. The number of para-hydroxylation sites is 1. The Morgan fingerprint density at radius 1 is 0.875 bits per heavy atom. The first-order valence-electron chi connectivity index (χ1n) is 10.4. The molecule has 0 bridgehead atoms. The summed E-state index contributed by atoms with van der Waals surface area (Å²) < 4.78 is 16.0. The van der Waals surface area contributed by atoms with Crippen LogP contribution >= 0.6 is 0 Å². The van der Waals surface area contributed by atoms with Gasteiger partial charge in [0.15, 0.2) is 6.61 Å². The molecular weight excluding hydrogens is 404 g/mol. The minimum Gasteiger partial charge on any atom is -0.497 e. The molecule has 6 nitrogen and oxygen atoms in total. The van der Waals surface area contributed by atoms with Crippen molar-refractivity contribution >= 4 is 16.8 Å². The summed E-state index contributed by atoms with van der Waals surface area (Å²) in [6, 6.07) is 23.2. The van der Waals surface area contributed by atoms with Crippen molar-refractivity contribution in [2.24, 2.45) is 0 Å². The van der Waals surface area contributed by atoms with Crippen molar-refractivity contribution in [3.8, 4) is 17.2 Å². The molecule has 1 aromatic heterocycles. The zero-order valence-electron chi connectivity index (χ0n) is 18.1. The maximum absolute atomic E-state index is 12.5. The third-order valence-corrected chi connectivity index (χ3v) is 5.45. The molecule has 0 radical (unpaired) electrons. The molecule has 4 aromatic rings. The van der Waals surface area contributed by atoms with Crippen LogP contribution in [0.5, 0.6) is 17.2 Å². The number of carbonyl (C=O) groups excluding carboxylic acids is 1. The lowest BCUT2D eigenvalue weighted by atomic mass is 9.91. The Bertz CT molecular complexity index is 1170. The molecule has 1 heterocycles. The summed E-state index contributed by atoms with van der Waals surface area (Å²) in [5, 5.41) is 4.16. The van der Waals surface area contributed by atoms with E-state index in [2.05, 4.69) is 16.4 Å². The number of carbonyl (C=O) groups is 1. The number of rotatable bonds is 9. The maximum atomic E-state index is 12.5. The van der Waals surface area contributed by atoms with Crippen LogP contribution < -0.4 is 19.5 Å². The number of amides is 1. The van der Waals surface area contributed by atoms with Gasteiger partial charge < -0.3 is 24.5 Å². The van der Waals surface area contributed by atoms with E-state index in [1.165, 1.54) is 0 Å². The molecule has 0 aliphatic heterocycles. The van der Waals surface area contributed by atoms with Gasteiger partial charge in [-0.3, -0.25) is 4.79 Å². The predicted molar refractivity (Wildman–Crippen MR) is 125 cm³/mol. The molecule has 6 heteroatoms. The van der Waals surface area contributed by atoms with Crippen LogP contribution in [0.1, 0.15) is 17.0 Å². The van der Waals surface area contributed by atoms with E-state index in [9.17, 15) is 4.79 Å². The summed E-state index contributed by atoms with van der Waals surface area (Å²) in [5.41, 5.74) is 3.28. The second-order valence-corrected chi connectivity index (χ2v) is 7.38. The predicted octanol–water partition coefficient (Wildman–Crippen LogP) is 4.51. The molecule has 0 spiro atoms. The Balaban J connectivity index is 1.48. The van der Waals surface area contributed by atoms with Crippen LogP contribution in [0.3, 0.4) is 0 Å². The average molecular weight is 431 g/mol. The largest absolute Gasteiger partial charge is 0.497 e. The second-order valence-electron chi connectivity index (χ2n) is 7.38. The third kappa shape index (κ3) is 4.86. The van der Waals surface area contributed by atoms with Crippen molar-refractivity contribution in [2.45, 2.75) is 5.92 Å². The van der Waals surface area contributed by atoms with E-state index in [0.29, 0.717) is 12.3 Å². The number of benzene rings is 3. The topological polar surface area (TPSA) is 72.6 Å². The maximum Gasteiger partial charge on any atom is 0.257 e.